The average molecular weight is 507 g/mol. The molecule has 4 aromatic rings. The number of hydrogen-bond donors (Lipinski definition) is 0. The number of benzene rings is 2. The van der Waals surface area contributed by atoms with Crippen molar-refractivity contribution in [1.82, 2.24) is 0 Å². The van der Waals surface area contributed by atoms with Crippen LogP contribution in [-0.2, 0) is 0 Å². The first kappa shape index (κ1) is 26.2. The molecule has 0 fully saturated rings. The molecule has 4 rings (SSSR count). The lowest BCUT2D eigenvalue weighted by Gasteiger charge is -2.21. The lowest BCUT2D eigenvalue weighted by Crippen LogP contribution is -2.23. The van der Waals surface area contributed by atoms with E-state index in [-0.39, 0.29) is 5.56 Å². The molecule has 6 nitrogen and oxygen atoms in total. The third-order valence-corrected chi connectivity index (χ3v) is 6.03. The summed E-state index contributed by atoms with van der Waals surface area (Å²) in [4.78, 5) is 29.7. The first-order valence-corrected chi connectivity index (χ1v) is 12.2. The Morgan fingerprint density at radius 1 is 0.711 bits per heavy atom. The number of allylic oxidation sites excluding steroid dienone is 1. The fourth-order valence-electron chi connectivity index (χ4n) is 4.23. The van der Waals surface area contributed by atoms with Crippen LogP contribution < -0.4 is 15.4 Å². The number of anilines is 2. The van der Waals surface area contributed by atoms with E-state index < -0.39 is 11.4 Å². The average Bonchev–Trinajstić information content (AvgIpc) is 3.33. The summed E-state index contributed by atoms with van der Waals surface area (Å²) in [7, 11) is 0. The molecular formula is C32H30N2O4. The standard InChI is InChI=1S/C32H30N2O4/c1-5-15-33(16-6-2)25-11-9-23-19-27(37-30(23)21-25)13-14-29(35)28-20-24-10-12-26(22-31(24)38-32(28)36)34(17-7-3)18-8-4/h5-14,19-22H,1-4,15-18H2. The van der Waals surface area contributed by atoms with Crippen molar-refractivity contribution in [3.05, 3.63) is 127 Å². The zero-order valence-electron chi connectivity index (χ0n) is 21.3. The molecule has 0 aliphatic heterocycles. The maximum atomic E-state index is 12.9. The van der Waals surface area contributed by atoms with E-state index in [1.165, 1.54) is 6.08 Å². The molecule has 0 aliphatic carbocycles. The summed E-state index contributed by atoms with van der Waals surface area (Å²) < 4.78 is 11.4. The molecule has 38 heavy (non-hydrogen) atoms. The molecule has 0 amide bonds. The lowest BCUT2D eigenvalue weighted by atomic mass is 10.1. The largest absolute Gasteiger partial charge is 0.457 e. The van der Waals surface area contributed by atoms with Crippen LogP contribution in [-0.4, -0.2) is 32.0 Å². The predicted molar refractivity (Wildman–Crippen MR) is 157 cm³/mol. The third kappa shape index (κ3) is 5.76. The maximum Gasteiger partial charge on any atom is 0.347 e. The van der Waals surface area contributed by atoms with Gasteiger partial charge in [0.25, 0.3) is 0 Å². The molecule has 0 unspecified atom stereocenters. The number of carbonyl (C=O) groups excluding carboxylic acids is 1. The normalized spacial score (nSPS) is 11.1. The van der Waals surface area contributed by atoms with Crippen LogP contribution in [0.15, 0.2) is 119 Å². The van der Waals surface area contributed by atoms with E-state index >= 15 is 0 Å². The first-order chi connectivity index (χ1) is 18.5. The summed E-state index contributed by atoms with van der Waals surface area (Å²) in [5, 5.41) is 1.56. The quantitative estimate of drug-likeness (QED) is 0.0861. The number of hydrogen-bond acceptors (Lipinski definition) is 6. The van der Waals surface area contributed by atoms with Crippen LogP contribution in [0.1, 0.15) is 16.1 Å². The van der Waals surface area contributed by atoms with Gasteiger partial charge in [0.1, 0.15) is 22.5 Å². The van der Waals surface area contributed by atoms with E-state index in [4.69, 9.17) is 8.83 Å². The van der Waals surface area contributed by atoms with Crippen LogP contribution in [0.5, 0.6) is 0 Å². The van der Waals surface area contributed by atoms with Gasteiger partial charge in [-0.25, -0.2) is 4.79 Å². The van der Waals surface area contributed by atoms with Crippen molar-refractivity contribution in [2.45, 2.75) is 0 Å². The van der Waals surface area contributed by atoms with Gasteiger partial charge in [-0.15, -0.1) is 26.3 Å². The fraction of sp³-hybridized carbons (Fsp3) is 0.125. The molecule has 2 aromatic heterocycles. The Balaban J connectivity index is 1.57. The highest BCUT2D eigenvalue weighted by molar-refractivity contribution is 6.08. The molecule has 0 saturated carbocycles. The van der Waals surface area contributed by atoms with Gasteiger partial charge in [0.05, 0.1) is 0 Å². The molecule has 0 bridgehead atoms. The molecule has 0 aliphatic rings. The van der Waals surface area contributed by atoms with Gasteiger partial charge >= 0.3 is 5.63 Å². The van der Waals surface area contributed by atoms with E-state index in [9.17, 15) is 9.59 Å². The third-order valence-electron chi connectivity index (χ3n) is 6.03. The number of nitrogens with zero attached hydrogens (tertiary/aromatic N) is 2. The van der Waals surface area contributed by atoms with Crippen LogP contribution >= 0.6 is 0 Å². The second-order valence-electron chi connectivity index (χ2n) is 8.70. The van der Waals surface area contributed by atoms with Crippen molar-refractivity contribution >= 4 is 45.2 Å². The smallest absolute Gasteiger partial charge is 0.347 e. The van der Waals surface area contributed by atoms with E-state index in [1.54, 1.807) is 30.4 Å². The van der Waals surface area contributed by atoms with Gasteiger partial charge < -0.3 is 18.6 Å². The molecule has 0 atom stereocenters. The number of furan rings is 1. The Morgan fingerprint density at radius 3 is 1.74 bits per heavy atom. The fourth-order valence-corrected chi connectivity index (χ4v) is 4.23. The number of carbonyl (C=O) groups is 1. The van der Waals surface area contributed by atoms with E-state index in [0.717, 1.165) is 16.8 Å². The zero-order valence-corrected chi connectivity index (χ0v) is 21.3. The van der Waals surface area contributed by atoms with E-state index in [0.29, 0.717) is 48.5 Å². The summed E-state index contributed by atoms with van der Waals surface area (Å²) >= 11 is 0. The summed E-state index contributed by atoms with van der Waals surface area (Å²) in [6.45, 7) is 17.8. The van der Waals surface area contributed by atoms with Gasteiger partial charge in [-0.3, -0.25) is 4.79 Å². The molecule has 2 heterocycles. The highest BCUT2D eigenvalue weighted by atomic mass is 16.4. The Morgan fingerprint density at radius 2 is 1.21 bits per heavy atom. The molecule has 6 heteroatoms. The second kappa shape index (κ2) is 11.9. The van der Waals surface area contributed by atoms with Crippen LogP contribution in [0.3, 0.4) is 0 Å². The van der Waals surface area contributed by atoms with Crippen LogP contribution in [0.25, 0.3) is 28.0 Å². The van der Waals surface area contributed by atoms with Gasteiger partial charge in [0, 0.05) is 60.5 Å². The molecule has 0 N–H and O–H groups in total. The summed E-state index contributed by atoms with van der Waals surface area (Å²) in [5.74, 6) is 0.0396. The van der Waals surface area contributed by atoms with Crippen molar-refractivity contribution < 1.29 is 13.6 Å². The summed E-state index contributed by atoms with van der Waals surface area (Å²) in [6.07, 6.45) is 10.1. The number of ketones is 1. The van der Waals surface area contributed by atoms with Crippen LogP contribution in [0.4, 0.5) is 11.4 Å². The van der Waals surface area contributed by atoms with Gasteiger partial charge in [0.2, 0.25) is 0 Å². The highest BCUT2D eigenvalue weighted by Crippen LogP contribution is 2.26. The Kier molecular flexibility index (Phi) is 8.23. The first-order valence-electron chi connectivity index (χ1n) is 12.2. The minimum absolute atomic E-state index is 0.0431. The van der Waals surface area contributed by atoms with Crippen molar-refractivity contribution in [2.24, 2.45) is 0 Å². The Labute approximate surface area is 221 Å². The zero-order chi connectivity index (χ0) is 27.1. The second-order valence-corrected chi connectivity index (χ2v) is 8.70. The highest BCUT2D eigenvalue weighted by Gasteiger charge is 2.14. The van der Waals surface area contributed by atoms with Crippen molar-refractivity contribution in [3.8, 4) is 0 Å². The molecule has 0 spiro atoms. The monoisotopic (exact) mass is 506 g/mol. The SMILES string of the molecule is C=CCN(CC=C)c1ccc2cc(C=CC(=O)c3cc4ccc(N(CC=C)CC=C)cc4oc3=O)oc2c1. The topological polar surface area (TPSA) is 66.9 Å². The maximum absolute atomic E-state index is 12.9. The van der Waals surface area contributed by atoms with Crippen LogP contribution in [0.2, 0.25) is 0 Å². The van der Waals surface area contributed by atoms with Crippen molar-refractivity contribution in [2.75, 3.05) is 36.0 Å². The van der Waals surface area contributed by atoms with Crippen molar-refractivity contribution in [1.29, 1.82) is 0 Å². The summed E-state index contributed by atoms with van der Waals surface area (Å²) in [5.41, 5.74) is 2.20. The lowest BCUT2D eigenvalue weighted by molar-refractivity contribution is 0.104. The van der Waals surface area contributed by atoms with Gasteiger partial charge in [-0.05, 0) is 48.6 Å². The number of fused-ring (bicyclic) bond motifs is 2. The minimum atomic E-state index is -0.693. The van der Waals surface area contributed by atoms with Crippen LogP contribution in [0, 0.1) is 0 Å². The number of rotatable bonds is 13. The van der Waals surface area contributed by atoms with Gasteiger partial charge in [-0.1, -0.05) is 24.3 Å². The molecule has 2 aromatic carbocycles. The Bertz CT molecular complexity index is 1590. The Hall–Kier alpha value is -4.84. The molecule has 192 valence electrons. The molecule has 0 radical (unpaired) electrons. The van der Waals surface area contributed by atoms with Crippen molar-refractivity contribution in [3.63, 3.8) is 0 Å². The minimum Gasteiger partial charge on any atom is -0.457 e. The van der Waals surface area contributed by atoms with E-state index in [1.807, 2.05) is 53.5 Å². The van der Waals surface area contributed by atoms with Gasteiger partial charge in [0.15, 0.2) is 5.78 Å². The summed E-state index contributed by atoms with van der Waals surface area (Å²) in [6, 6.07) is 14.8. The predicted octanol–water partition coefficient (Wildman–Crippen LogP) is 6.79. The molecule has 0 saturated heterocycles. The molecular weight excluding hydrogens is 476 g/mol. The van der Waals surface area contributed by atoms with E-state index in [2.05, 4.69) is 31.2 Å². The van der Waals surface area contributed by atoms with Gasteiger partial charge in [-0.2, -0.15) is 0 Å².